The van der Waals surface area contributed by atoms with Crippen LogP contribution in [0.15, 0.2) is 194 Å². The lowest BCUT2D eigenvalue weighted by atomic mass is 9.70. The molecular weight excluding hydrogens is 795 g/mol. The quantitative estimate of drug-likeness (QED) is 0.171. The summed E-state index contributed by atoms with van der Waals surface area (Å²) < 4.78 is 0. The maximum atomic E-state index is 2.62. The highest BCUT2D eigenvalue weighted by Gasteiger charge is 2.52. The Kier molecular flexibility index (Phi) is 7.97. The molecule has 13 rings (SSSR count). The number of rotatable bonds is 4. The third kappa shape index (κ3) is 5.01. The molecular formula is C65H53N. The Morgan fingerprint density at radius 3 is 1.44 bits per heavy atom. The van der Waals surface area contributed by atoms with Crippen LogP contribution in [0.25, 0.3) is 55.6 Å². The molecule has 0 N–H and O–H groups in total. The van der Waals surface area contributed by atoms with E-state index in [-0.39, 0.29) is 16.2 Å². The van der Waals surface area contributed by atoms with Gasteiger partial charge < -0.3 is 4.90 Å². The normalized spacial score (nSPS) is 15.6. The number of para-hydroxylation sites is 1. The Morgan fingerprint density at radius 1 is 0.333 bits per heavy atom. The molecule has 0 heterocycles. The van der Waals surface area contributed by atoms with Gasteiger partial charge in [-0.3, -0.25) is 0 Å². The summed E-state index contributed by atoms with van der Waals surface area (Å²) in [7, 11) is 0. The summed E-state index contributed by atoms with van der Waals surface area (Å²) in [5.41, 5.74) is 28.1. The lowest BCUT2D eigenvalue weighted by Gasteiger charge is -2.35. The Hall–Kier alpha value is -7.22. The van der Waals surface area contributed by atoms with Crippen LogP contribution in [-0.2, 0) is 21.7 Å². The molecule has 0 saturated heterocycles. The van der Waals surface area contributed by atoms with Gasteiger partial charge in [0.2, 0.25) is 0 Å². The Labute approximate surface area is 390 Å². The molecule has 0 aromatic heterocycles. The molecule has 0 atom stereocenters. The molecule has 9 aromatic rings. The fourth-order valence-corrected chi connectivity index (χ4v) is 13.0. The zero-order chi connectivity index (χ0) is 44.9. The van der Waals surface area contributed by atoms with Crippen molar-refractivity contribution in [2.45, 2.75) is 70.1 Å². The minimum absolute atomic E-state index is 0.0532. The van der Waals surface area contributed by atoms with Crippen LogP contribution in [-0.4, -0.2) is 0 Å². The summed E-state index contributed by atoms with van der Waals surface area (Å²) in [6, 6.07) is 74.3. The first-order valence-electron chi connectivity index (χ1n) is 23.8. The van der Waals surface area contributed by atoms with Crippen LogP contribution >= 0.6 is 0 Å². The SMILES string of the molecule is CC(C)(C)c1ccc2c(c1)C(C)(C)c1cccc(-c3ccccc3N(c3ccc4c(c3)C3(c5ccccc5-c5ccccc53)c3ccccc3-4)c3cccc4c3C(C)(C)c3ccccc3-4)c1-2. The molecule has 4 aliphatic rings. The summed E-state index contributed by atoms with van der Waals surface area (Å²) in [5.74, 6) is 0. The molecule has 0 amide bonds. The summed E-state index contributed by atoms with van der Waals surface area (Å²) in [6.07, 6.45) is 0. The molecule has 9 aromatic carbocycles. The van der Waals surface area contributed by atoms with E-state index in [1.165, 1.54) is 117 Å². The third-order valence-electron chi connectivity index (χ3n) is 16.0. The smallest absolute Gasteiger partial charge is 0.0726 e. The summed E-state index contributed by atoms with van der Waals surface area (Å²) >= 11 is 0. The molecule has 1 heteroatoms. The highest BCUT2D eigenvalue weighted by molar-refractivity contribution is 6.01. The van der Waals surface area contributed by atoms with Crippen molar-refractivity contribution >= 4 is 17.1 Å². The van der Waals surface area contributed by atoms with E-state index < -0.39 is 5.41 Å². The first-order chi connectivity index (χ1) is 31.9. The van der Waals surface area contributed by atoms with Gasteiger partial charge >= 0.3 is 0 Å². The van der Waals surface area contributed by atoms with Crippen molar-refractivity contribution in [1.82, 2.24) is 0 Å². The van der Waals surface area contributed by atoms with Crippen LogP contribution in [0.5, 0.6) is 0 Å². The number of hydrogen-bond acceptors (Lipinski definition) is 1. The van der Waals surface area contributed by atoms with E-state index in [0.29, 0.717) is 0 Å². The molecule has 0 saturated carbocycles. The maximum Gasteiger partial charge on any atom is 0.0726 e. The van der Waals surface area contributed by atoms with Crippen LogP contribution < -0.4 is 4.90 Å². The van der Waals surface area contributed by atoms with Gasteiger partial charge in [0.25, 0.3) is 0 Å². The van der Waals surface area contributed by atoms with E-state index in [1.54, 1.807) is 0 Å². The fraction of sp³-hybridized carbons (Fsp3) is 0.169. The summed E-state index contributed by atoms with van der Waals surface area (Å²) in [5, 5.41) is 0. The predicted molar refractivity (Wildman–Crippen MR) is 277 cm³/mol. The highest BCUT2D eigenvalue weighted by atomic mass is 15.1. The third-order valence-corrected chi connectivity index (χ3v) is 16.0. The second kappa shape index (κ2) is 13.4. The lowest BCUT2D eigenvalue weighted by molar-refractivity contribution is 0.584. The van der Waals surface area contributed by atoms with Gasteiger partial charge in [-0.1, -0.05) is 218 Å². The van der Waals surface area contributed by atoms with Gasteiger partial charge in [-0.05, 0) is 130 Å². The minimum atomic E-state index is -0.462. The van der Waals surface area contributed by atoms with Crippen LogP contribution in [0.4, 0.5) is 17.1 Å². The van der Waals surface area contributed by atoms with Gasteiger partial charge in [0.05, 0.1) is 16.8 Å². The molecule has 0 aliphatic heterocycles. The van der Waals surface area contributed by atoms with Crippen LogP contribution in [0.2, 0.25) is 0 Å². The van der Waals surface area contributed by atoms with Crippen molar-refractivity contribution < 1.29 is 0 Å². The van der Waals surface area contributed by atoms with E-state index in [1.807, 2.05) is 0 Å². The van der Waals surface area contributed by atoms with Crippen molar-refractivity contribution in [3.63, 3.8) is 0 Å². The van der Waals surface area contributed by atoms with Gasteiger partial charge in [0.15, 0.2) is 0 Å². The molecule has 1 spiro atoms. The van der Waals surface area contributed by atoms with E-state index in [4.69, 9.17) is 0 Å². The molecule has 66 heavy (non-hydrogen) atoms. The number of nitrogens with zero attached hydrogens (tertiary/aromatic N) is 1. The maximum absolute atomic E-state index is 2.62. The average molecular weight is 848 g/mol. The van der Waals surface area contributed by atoms with Gasteiger partial charge in [0.1, 0.15) is 0 Å². The average Bonchev–Trinajstić information content (AvgIpc) is 3.97. The van der Waals surface area contributed by atoms with E-state index >= 15 is 0 Å². The van der Waals surface area contributed by atoms with Crippen LogP contribution in [0, 0.1) is 0 Å². The zero-order valence-corrected chi connectivity index (χ0v) is 38.9. The Balaban J connectivity index is 1.10. The van der Waals surface area contributed by atoms with Crippen molar-refractivity contribution in [2.75, 3.05) is 4.90 Å². The lowest BCUT2D eigenvalue weighted by Crippen LogP contribution is -2.26. The molecule has 0 bridgehead atoms. The van der Waals surface area contributed by atoms with Gasteiger partial charge in [-0.25, -0.2) is 0 Å². The van der Waals surface area contributed by atoms with E-state index in [9.17, 15) is 0 Å². The Bertz CT molecular complexity index is 3470. The summed E-state index contributed by atoms with van der Waals surface area (Å²) in [4.78, 5) is 2.62. The summed E-state index contributed by atoms with van der Waals surface area (Å²) in [6.45, 7) is 16.6. The zero-order valence-electron chi connectivity index (χ0n) is 38.9. The molecule has 1 nitrogen and oxygen atoms in total. The topological polar surface area (TPSA) is 3.24 Å². The molecule has 4 aliphatic carbocycles. The van der Waals surface area contributed by atoms with Crippen LogP contribution in [0.1, 0.15) is 98.5 Å². The predicted octanol–water partition coefficient (Wildman–Crippen LogP) is 17.1. The standard InChI is InChI=1S/C65H53N/c1-62(2,3)40-34-36-50-56(38-40)63(4,5)55-31-18-25-48(60(50)55)47-24-12-17-32-58(47)66(59-33-19-26-49-45-23-8-13-27-51(45)64(6,7)61(49)59)41-35-37-46-44-22-11-16-30-54(44)65(57(46)39-41)52-28-14-9-20-42(52)43-21-10-15-29-53(43)65/h8-39H,1-7H3. The minimum Gasteiger partial charge on any atom is -0.310 e. The monoisotopic (exact) mass is 847 g/mol. The number of fused-ring (bicyclic) bond motifs is 16. The highest BCUT2D eigenvalue weighted by Crippen LogP contribution is 2.64. The molecule has 0 fully saturated rings. The van der Waals surface area contributed by atoms with Gasteiger partial charge in [0, 0.05) is 22.1 Å². The van der Waals surface area contributed by atoms with Crippen molar-refractivity contribution in [2.24, 2.45) is 0 Å². The van der Waals surface area contributed by atoms with Crippen LogP contribution in [0.3, 0.4) is 0 Å². The molecule has 0 radical (unpaired) electrons. The van der Waals surface area contributed by atoms with Gasteiger partial charge in [-0.2, -0.15) is 0 Å². The second-order valence-corrected chi connectivity index (χ2v) is 21.2. The van der Waals surface area contributed by atoms with E-state index in [2.05, 4.69) is 247 Å². The molecule has 318 valence electrons. The second-order valence-electron chi connectivity index (χ2n) is 21.2. The molecule has 0 unspecified atom stereocenters. The number of benzene rings is 9. The first kappa shape index (κ1) is 39.2. The number of hydrogen-bond donors (Lipinski definition) is 0. The van der Waals surface area contributed by atoms with Gasteiger partial charge in [-0.15, -0.1) is 0 Å². The van der Waals surface area contributed by atoms with Crippen molar-refractivity contribution in [3.8, 4) is 55.6 Å². The number of anilines is 3. The first-order valence-corrected chi connectivity index (χ1v) is 23.8. The fourth-order valence-electron chi connectivity index (χ4n) is 13.0. The van der Waals surface area contributed by atoms with Crippen molar-refractivity contribution in [1.29, 1.82) is 0 Å². The van der Waals surface area contributed by atoms with E-state index in [0.717, 1.165) is 5.69 Å². The van der Waals surface area contributed by atoms with Crippen molar-refractivity contribution in [3.05, 3.63) is 244 Å². The largest absolute Gasteiger partial charge is 0.310 e. The Morgan fingerprint density at radius 2 is 0.803 bits per heavy atom.